The normalized spacial score (nSPS) is 31.7. The van der Waals surface area contributed by atoms with Crippen molar-refractivity contribution in [2.45, 2.75) is 24.4 Å². The number of aromatic nitrogens is 2. The van der Waals surface area contributed by atoms with Gasteiger partial charge < -0.3 is 25.8 Å². The molecule has 2 rings (SSSR count). The number of hydrogen-bond donors (Lipinski definition) is 4. The molecule has 0 radical (unpaired) electrons. The lowest BCUT2D eigenvalue weighted by atomic mass is 9.96. The lowest BCUT2D eigenvalue weighted by molar-refractivity contribution is -0.0656. The van der Waals surface area contributed by atoms with Crippen LogP contribution in [-0.4, -0.2) is 55.9 Å². The van der Waals surface area contributed by atoms with Crippen LogP contribution in [0.5, 0.6) is 0 Å². The topological polar surface area (TPSA) is 131 Å². The van der Waals surface area contributed by atoms with E-state index in [4.69, 9.17) is 15.6 Å². The Balaban J connectivity index is 2.21. The van der Waals surface area contributed by atoms with Crippen LogP contribution >= 0.6 is 0 Å². The van der Waals surface area contributed by atoms with Crippen LogP contribution in [0.25, 0.3) is 0 Å². The largest absolute Gasteiger partial charge is 0.394 e. The molecule has 1 aliphatic rings. The van der Waals surface area contributed by atoms with E-state index < -0.39 is 30.1 Å². The highest BCUT2D eigenvalue weighted by atomic mass is 16.5. The van der Waals surface area contributed by atoms with Crippen LogP contribution in [0.15, 0.2) is 17.1 Å². The molecule has 0 unspecified atom stereocenters. The van der Waals surface area contributed by atoms with Gasteiger partial charge in [-0.1, -0.05) is 0 Å². The zero-order chi connectivity index (χ0) is 13.3. The Hall–Kier alpha value is -1.48. The Labute approximate surface area is 102 Å². The van der Waals surface area contributed by atoms with Crippen molar-refractivity contribution in [2.24, 2.45) is 0 Å². The second-order valence-corrected chi connectivity index (χ2v) is 4.34. The number of aliphatic hydroxyl groups excluding tert-OH is 2. The monoisotopic (exact) mass is 257 g/mol. The number of nitrogen functional groups attached to an aromatic ring is 1. The van der Waals surface area contributed by atoms with E-state index in [0.717, 1.165) is 4.57 Å². The summed E-state index contributed by atoms with van der Waals surface area (Å²) in [4.78, 5) is 15.0. The minimum absolute atomic E-state index is 0.0831. The highest BCUT2D eigenvalue weighted by Gasteiger charge is 2.48. The lowest BCUT2D eigenvalue weighted by Gasteiger charge is -2.26. The maximum absolute atomic E-state index is 11.5. The molecule has 2 heterocycles. The third-order valence-corrected chi connectivity index (χ3v) is 2.97. The quantitative estimate of drug-likeness (QED) is 0.463. The maximum Gasteiger partial charge on any atom is 0.349 e. The predicted octanol–water partition coefficient (Wildman–Crippen LogP) is -2.69. The number of anilines is 1. The van der Waals surface area contributed by atoms with Crippen LogP contribution in [0.1, 0.15) is 0 Å². The maximum atomic E-state index is 11.5. The van der Waals surface area contributed by atoms with Gasteiger partial charge >= 0.3 is 5.69 Å². The molecule has 8 heteroatoms. The summed E-state index contributed by atoms with van der Waals surface area (Å²) in [5, 5.41) is 29.0. The molecule has 100 valence electrons. The van der Waals surface area contributed by atoms with E-state index in [1.165, 1.54) is 12.3 Å². The summed E-state index contributed by atoms with van der Waals surface area (Å²) >= 11 is 0. The van der Waals surface area contributed by atoms with Crippen LogP contribution in [0.4, 0.5) is 5.82 Å². The summed E-state index contributed by atoms with van der Waals surface area (Å²) in [6.07, 6.45) is -0.749. The fraction of sp³-hybridized carbons (Fsp3) is 0.600. The first-order valence-corrected chi connectivity index (χ1v) is 5.42. The predicted molar refractivity (Wildman–Crippen MR) is 60.7 cm³/mol. The Morgan fingerprint density at radius 3 is 2.94 bits per heavy atom. The fourth-order valence-electron chi connectivity index (χ4n) is 1.92. The van der Waals surface area contributed by atoms with E-state index in [1.807, 2.05) is 0 Å². The number of ether oxygens (including phenoxy) is 1. The van der Waals surface area contributed by atoms with Crippen molar-refractivity contribution in [1.29, 1.82) is 0 Å². The first-order chi connectivity index (χ1) is 8.46. The number of aliphatic hydroxyl groups is 3. The third kappa shape index (κ3) is 2.23. The molecule has 5 N–H and O–H groups in total. The zero-order valence-electron chi connectivity index (χ0n) is 9.56. The molecular formula is C10H15N3O5. The van der Waals surface area contributed by atoms with Gasteiger partial charge in [-0.05, 0) is 6.07 Å². The summed E-state index contributed by atoms with van der Waals surface area (Å²) in [6, 6.07) is 1.41. The van der Waals surface area contributed by atoms with Gasteiger partial charge in [0, 0.05) is 6.20 Å². The Morgan fingerprint density at radius 1 is 1.67 bits per heavy atom. The third-order valence-electron chi connectivity index (χ3n) is 2.97. The number of nitrogens with two attached hydrogens (primary N) is 1. The summed E-state index contributed by atoms with van der Waals surface area (Å²) in [7, 11) is 0. The van der Waals surface area contributed by atoms with E-state index in [2.05, 4.69) is 4.98 Å². The lowest BCUT2D eigenvalue weighted by Crippen LogP contribution is -2.49. The minimum atomic E-state index is -1.63. The molecule has 18 heavy (non-hydrogen) atoms. The van der Waals surface area contributed by atoms with Gasteiger partial charge in [0.25, 0.3) is 0 Å². The van der Waals surface area contributed by atoms with Crippen molar-refractivity contribution < 1.29 is 20.1 Å². The average Bonchev–Trinajstić information content (AvgIpc) is 2.60. The van der Waals surface area contributed by atoms with E-state index in [9.17, 15) is 15.0 Å². The van der Waals surface area contributed by atoms with Crippen molar-refractivity contribution in [3.05, 3.63) is 22.7 Å². The van der Waals surface area contributed by atoms with Crippen molar-refractivity contribution in [3.8, 4) is 0 Å². The molecule has 0 amide bonds. The fourth-order valence-corrected chi connectivity index (χ4v) is 1.92. The van der Waals surface area contributed by atoms with E-state index >= 15 is 0 Å². The molecule has 1 aromatic heterocycles. The Kier molecular flexibility index (Phi) is 3.35. The van der Waals surface area contributed by atoms with Gasteiger partial charge in [0.2, 0.25) is 0 Å². The van der Waals surface area contributed by atoms with Crippen LogP contribution < -0.4 is 11.4 Å². The summed E-state index contributed by atoms with van der Waals surface area (Å²) in [6.45, 7) is -0.759. The molecule has 3 atom stereocenters. The standard InChI is InChI=1S/C10H15N3O5/c11-7-1-2-13(9(16)12-7)4-10(17)5-18-6(3-14)8(10)15/h1-2,6,8,14-15,17H,3-5H2,(H2,11,12,16)/t6-,8-,10+/m1/s1. The van der Waals surface area contributed by atoms with Crippen molar-refractivity contribution >= 4 is 5.82 Å². The average molecular weight is 257 g/mol. The highest BCUT2D eigenvalue weighted by molar-refractivity contribution is 5.23. The summed E-state index contributed by atoms with van der Waals surface area (Å²) in [5.74, 6) is 0.0831. The van der Waals surface area contributed by atoms with Crippen LogP contribution in [-0.2, 0) is 11.3 Å². The van der Waals surface area contributed by atoms with Gasteiger partial charge in [-0.25, -0.2) is 4.79 Å². The minimum Gasteiger partial charge on any atom is -0.394 e. The Morgan fingerprint density at radius 2 is 2.39 bits per heavy atom. The smallest absolute Gasteiger partial charge is 0.349 e. The zero-order valence-corrected chi connectivity index (χ0v) is 9.56. The number of rotatable bonds is 3. The van der Waals surface area contributed by atoms with Gasteiger partial charge in [0.05, 0.1) is 19.8 Å². The van der Waals surface area contributed by atoms with Crippen LogP contribution in [0.3, 0.4) is 0 Å². The second-order valence-electron chi connectivity index (χ2n) is 4.34. The summed E-state index contributed by atoms with van der Waals surface area (Å²) in [5.41, 5.74) is 3.09. The molecule has 0 saturated carbocycles. The molecule has 8 nitrogen and oxygen atoms in total. The van der Waals surface area contributed by atoms with Gasteiger partial charge in [0.1, 0.15) is 23.6 Å². The van der Waals surface area contributed by atoms with Crippen molar-refractivity contribution in [3.63, 3.8) is 0 Å². The van der Waals surface area contributed by atoms with E-state index in [-0.39, 0.29) is 19.0 Å². The van der Waals surface area contributed by atoms with Gasteiger partial charge in [-0.3, -0.25) is 4.57 Å². The summed E-state index contributed by atoms with van der Waals surface area (Å²) < 4.78 is 6.18. The molecule has 0 bridgehead atoms. The van der Waals surface area contributed by atoms with Gasteiger partial charge in [-0.15, -0.1) is 0 Å². The van der Waals surface area contributed by atoms with Crippen LogP contribution in [0, 0.1) is 0 Å². The molecule has 0 aromatic carbocycles. The second kappa shape index (κ2) is 4.65. The highest BCUT2D eigenvalue weighted by Crippen LogP contribution is 2.26. The van der Waals surface area contributed by atoms with Crippen LogP contribution in [0.2, 0.25) is 0 Å². The van der Waals surface area contributed by atoms with Crippen molar-refractivity contribution in [1.82, 2.24) is 9.55 Å². The molecule has 0 spiro atoms. The molecule has 1 aromatic rings. The first-order valence-electron chi connectivity index (χ1n) is 5.42. The van der Waals surface area contributed by atoms with Gasteiger partial charge in [0.15, 0.2) is 0 Å². The molecule has 1 fully saturated rings. The number of nitrogens with zero attached hydrogens (tertiary/aromatic N) is 2. The first kappa shape index (κ1) is 13.0. The molecule has 1 saturated heterocycles. The molecular weight excluding hydrogens is 242 g/mol. The molecule has 1 aliphatic heterocycles. The van der Waals surface area contributed by atoms with Gasteiger partial charge in [-0.2, -0.15) is 4.98 Å². The molecule has 0 aliphatic carbocycles. The Bertz CT molecular complexity index is 491. The SMILES string of the molecule is Nc1ccn(C[C@]2(O)CO[C@H](CO)[C@H]2O)c(=O)n1. The number of hydrogen-bond acceptors (Lipinski definition) is 7. The van der Waals surface area contributed by atoms with E-state index in [1.54, 1.807) is 0 Å². The van der Waals surface area contributed by atoms with Crippen molar-refractivity contribution in [2.75, 3.05) is 18.9 Å². The van der Waals surface area contributed by atoms with E-state index in [0.29, 0.717) is 0 Å².